The first-order chi connectivity index (χ1) is 10.2. The number of fused-ring (bicyclic) bond motifs is 1. The number of nitrogens with zero attached hydrogens (tertiary/aromatic N) is 2. The van der Waals surface area contributed by atoms with Crippen molar-refractivity contribution in [2.75, 3.05) is 25.1 Å². The quantitative estimate of drug-likeness (QED) is 0.578. The first-order valence-electron chi connectivity index (χ1n) is 6.99. The maximum absolute atomic E-state index is 12.5. The SMILES string of the molecule is NNc1cc(C(=O)N2CCC(CO)C2)nc2ccccc12. The fourth-order valence-corrected chi connectivity index (χ4v) is 2.73. The van der Waals surface area contributed by atoms with Gasteiger partial charge in [-0.3, -0.25) is 10.6 Å². The van der Waals surface area contributed by atoms with E-state index in [0.717, 1.165) is 17.3 Å². The van der Waals surface area contributed by atoms with Crippen LogP contribution in [0.2, 0.25) is 0 Å². The molecule has 0 radical (unpaired) electrons. The highest BCUT2D eigenvalue weighted by molar-refractivity contribution is 5.99. The number of amides is 1. The number of pyridine rings is 1. The van der Waals surface area contributed by atoms with Gasteiger partial charge in [-0.05, 0) is 18.6 Å². The summed E-state index contributed by atoms with van der Waals surface area (Å²) in [5, 5.41) is 10.1. The summed E-state index contributed by atoms with van der Waals surface area (Å²) < 4.78 is 0. The van der Waals surface area contributed by atoms with Crippen molar-refractivity contribution in [1.82, 2.24) is 9.88 Å². The van der Waals surface area contributed by atoms with Crippen molar-refractivity contribution in [3.8, 4) is 0 Å². The summed E-state index contributed by atoms with van der Waals surface area (Å²) in [6, 6.07) is 9.22. The molecule has 1 fully saturated rings. The molecule has 0 spiro atoms. The molecule has 2 aromatic rings. The number of nitrogens with two attached hydrogens (primary N) is 1. The number of benzene rings is 1. The van der Waals surface area contributed by atoms with Crippen LogP contribution in [0.3, 0.4) is 0 Å². The Kier molecular flexibility index (Phi) is 3.72. The molecule has 3 rings (SSSR count). The van der Waals surface area contributed by atoms with E-state index in [1.165, 1.54) is 0 Å². The molecule has 1 aliphatic heterocycles. The standard InChI is InChI=1S/C15H18N4O2/c16-18-13-7-14(17-12-4-2-1-3-11(12)13)15(21)19-6-5-10(8-19)9-20/h1-4,7,10,20H,5-6,8-9,16H2,(H,17,18). The van der Waals surface area contributed by atoms with Crippen molar-refractivity contribution in [3.05, 3.63) is 36.0 Å². The second-order valence-electron chi connectivity index (χ2n) is 5.30. The number of aliphatic hydroxyl groups is 1. The predicted molar refractivity (Wildman–Crippen MR) is 80.6 cm³/mol. The number of para-hydroxylation sites is 1. The topological polar surface area (TPSA) is 91.5 Å². The molecule has 6 nitrogen and oxygen atoms in total. The second kappa shape index (κ2) is 5.67. The summed E-state index contributed by atoms with van der Waals surface area (Å²) in [7, 11) is 0. The van der Waals surface area contributed by atoms with Gasteiger partial charge in [0.2, 0.25) is 0 Å². The summed E-state index contributed by atoms with van der Waals surface area (Å²) >= 11 is 0. The van der Waals surface area contributed by atoms with Crippen LogP contribution in [-0.2, 0) is 0 Å². The normalized spacial score (nSPS) is 18.2. The van der Waals surface area contributed by atoms with Crippen LogP contribution in [0.4, 0.5) is 5.69 Å². The lowest BCUT2D eigenvalue weighted by Gasteiger charge is -2.16. The number of hydrogen-bond donors (Lipinski definition) is 3. The molecule has 1 saturated heterocycles. The number of carbonyl (C=O) groups excluding carboxylic acids is 1. The lowest BCUT2D eigenvalue weighted by Crippen LogP contribution is -2.30. The third kappa shape index (κ3) is 2.55. The average molecular weight is 286 g/mol. The van der Waals surface area contributed by atoms with Crippen molar-refractivity contribution < 1.29 is 9.90 Å². The van der Waals surface area contributed by atoms with E-state index >= 15 is 0 Å². The molecule has 2 heterocycles. The van der Waals surface area contributed by atoms with Crippen LogP contribution in [0.1, 0.15) is 16.9 Å². The van der Waals surface area contributed by atoms with Crippen LogP contribution in [0, 0.1) is 5.92 Å². The molecule has 1 aromatic carbocycles. The molecular formula is C15H18N4O2. The fourth-order valence-electron chi connectivity index (χ4n) is 2.73. The van der Waals surface area contributed by atoms with Crippen LogP contribution in [0.25, 0.3) is 10.9 Å². The number of anilines is 1. The Balaban J connectivity index is 1.95. The van der Waals surface area contributed by atoms with Gasteiger partial charge in [0.15, 0.2) is 0 Å². The molecule has 1 amide bonds. The molecule has 1 aromatic heterocycles. The summed E-state index contributed by atoms with van der Waals surface area (Å²) in [6.07, 6.45) is 0.831. The largest absolute Gasteiger partial charge is 0.396 e. The molecule has 0 bridgehead atoms. The van der Waals surface area contributed by atoms with Crippen LogP contribution in [0.15, 0.2) is 30.3 Å². The Morgan fingerprint density at radius 1 is 1.48 bits per heavy atom. The highest BCUT2D eigenvalue weighted by Gasteiger charge is 2.27. The van der Waals surface area contributed by atoms with Crippen molar-refractivity contribution in [2.45, 2.75) is 6.42 Å². The number of rotatable bonds is 3. The van der Waals surface area contributed by atoms with Crippen LogP contribution >= 0.6 is 0 Å². The number of hydrazine groups is 1. The smallest absolute Gasteiger partial charge is 0.272 e. The van der Waals surface area contributed by atoms with Crippen LogP contribution < -0.4 is 11.3 Å². The summed E-state index contributed by atoms with van der Waals surface area (Å²) in [4.78, 5) is 18.7. The van der Waals surface area contributed by atoms with Crippen molar-refractivity contribution in [1.29, 1.82) is 0 Å². The Labute approximate surface area is 122 Å². The second-order valence-corrected chi connectivity index (χ2v) is 5.30. The number of hydrogen-bond acceptors (Lipinski definition) is 5. The fraction of sp³-hybridized carbons (Fsp3) is 0.333. The van der Waals surface area contributed by atoms with Crippen molar-refractivity contribution >= 4 is 22.5 Å². The maximum Gasteiger partial charge on any atom is 0.272 e. The summed E-state index contributed by atoms with van der Waals surface area (Å²) in [5.41, 5.74) is 4.41. The van der Waals surface area contributed by atoms with Gasteiger partial charge in [-0.1, -0.05) is 18.2 Å². The lowest BCUT2D eigenvalue weighted by molar-refractivity contribution is 0.0776. The Morgan fingerprint density at radius 3 is 3.00 bits per heavy atom. The molecule has 4 N–H and O–H groups in total. The Morgan fingerprint density at radius 2 is 2.29 bits per heavy atom. The van der Waals surface area contributed by atoms with E-state index in [1.807, 2.05) is 24.3 Å². The van der Waals surface area contributed by atoms with Crippen LogP contribution in [-0.4, -0.2) is 40.6 Å². The Bertz CT molecular complexity index is 674. The first kappa shape index (κ1) is 13.8. The molecule has 110 valence electrons. The van der Waals surface area contributed by atoms with Gasteiger partial charge < -0.3 is 15.4 Å². The third-order valence-electron chi connectivity index (χ3n) is 3.92. The number of aromatic nitrogens is 1. The van der Waals surface area contributed by atoms with Gasteiger partial charge in [0.25, 0.3) is 5.91 Å². The van der Waals surface area contributed by atoms with Gasteiger partial charge in [-0.2, -0.15) is 0 Å². The number of likely N-dealkylation sites (tertiary alicyclic amines) is 1. The van der Waals surface area contributed by atoms with E-state index in [4.69, 9.17) is 5.84 Å². The molecule has 0 aliphatic carbocycles. The van der Waals surface area contributed by atoms with E-state index in [1.54, 1.807) is 11.0 Å². The summed E-state index contributed by atoms with van der Waals surface area (Å²) in [6.45, 7) is 1.35. The van der Waals surface area contributed by atoms with Crippen molar-refractivity contribution in [3.63, 3.8) is 0 Å². The lowest BCUT2D eigenvalue weighted by atomic mass is 10.1. The molecular weight excluding hydrogens is 268 g/mol. The third-order valence-corrected chi connectivity index (χ3v) is 3.92. The zero-order chi connectivity index (χ0) is 14.8. The first-order valence-corrected chi connectivity index (χ1v) is 6.99. The maximum atomic E-state index is 12.5. The van der Waals surface area contributed by atoms with Gasteiger partial charge in [-0.15, -0.1) is 0 Å². The molecule has 1 unspecified atom stereocenters. The highest BCUT2D eigenvalue weighted by atomic mass is 16.3. The van der Waals surface area contributed by atoms with Gasteiger partial charge in [0, 0.05) is 31.0 Å². The van der Waals surface area contributed by atoms with Crippen LogP contribution in [0.5, 0.6) is 0 Å². The molecule has 6 heteroatoms. The zero-order valence-corrected chi connectivity index (χ0v) is 11.6. The molecule has 1 atom stereocenters. The highest BCUT2D eigenvalue weighted by Crippen LogP contribution is 2.24. The summed E-state index contributed by atoms with van der Waals surface area (Å²) in [5.74, 6) is 5.60. The minimum atomic E-state index is -0.117. The van der Waals surface area contributed by atoms with E-state index in [2.05, 4.69) is 10.4 Å². The average Bonchev–Trinajstić information content (AvgIpc) is 3.02. The van der Waals surface area contributed by atoms with Gasteiger partial charge in [0.1, 0.15) is 5.69 Å². The van der Waals surface area contributed by atoms with Crippen molar-refractivity contribution in [2.24, 2.45) is 11.8 Å². The minimum Gasteiger partial charge on any atom is -0.396 e. The minimum absolute atomic E-state index is 0.116. The Hall–Kier alpha value is -2.18. The number of aliphatic hydroxyl groups excluding tert-OH is 1. The van der Waals surface area contributed by atoms with E-state index < -0.39 is 0 Å². The van der Waals surface area contributed by atoms with E-state index in [0.29, 0.717) is 24.5 Å². The predicted octanol–water partition coefficient (Wildman–Crippen LogP) is 0.975. The molecule has 1 aliphatic rings. The zero-order valence-electron chi connectivity index (χ0n) is 11.6. The van der Waals surface area contributed by atoms with E-state index in [-0.39, 0.29) is 18.4 Å². The number of nitrogens with one attached hydrogen (secondary N) is 1. The molecule has 0 saturated carbocycles. The van der Waals surface area contributed by atoms with E-state index in [9.17, 15) is 9.90 Å². The molecule has 21 heavy (non-hydrogen) atoms. The van der Waals surface area contributed by atoms with Gasteiger partial charge in [0.05, 0.1) is 11.2 Å². The number of nitrogen functional groups attached to an aromatic ring is 1. The van der Waals surface area contributed by atoms with Gasteiger partial charge in [-0.25, -0.2) is 4.98 Å². The number of carbonyl (C=O) groups is 1. The monoisotopic (exact) mass is 286 g/mol. The van der Waals surface area contributed by atoms with Gasteiger partial charge >= 0.3 is 0 Å².